The van der Waals surface area contributed by atoms with Gasteiger partial charge in [-0.2, -0.15) is 0 Å². The van der Waals surface area contributed by atoms with Gasteiger partial charge in [0.25, 0.3) is 5.91 Å². The molecule has 1 saturated heterocycles. The average Bonchev–Trinajstić information content (AvgIpc) is 3.08. The van der Waals surface area contributed by atoms with Gasteiger partial charge in [0, 0.05) is 31.0 Å². The number of hydrogen-bond donors (Lipinski definition) is 1. The number of hydrogen-bond acceptors (Lipinski definition) is 6. The number of rotatable bonds is 5. The second-order valence-electron chi connectivity index (χ2n) is 5.50. The Labute approximate surface area is 149 Å². The van der Waals surface area contributed by atoms with Gasteiger partial charge in [-0.05, 0) is 12.1 Å². The van der Waals surface area contributed by atoms with Crippen molar-refractivity contribution in [3.8, 4) is 17.0 Å². The molecule has 1 aromatic heterocycles. The molecule has 1 aliphatic rings. The first kappa shape index (κ1) is 17.4. The quantitative estimate of drug-likeness (QED) is 0.881. The Kier molecular flexibility index (Phi) is 5.62. The second kappa shape index (κ2) is 8.09. The largest absolute Gasteiger partial charge is 0.483 e. The molecular formula is C17H19N3O4S. The van der Waals surface area contributed by atoms with E-state index in [2.05, 4.69) is 10.3 Å². The van der Waals surface area contributed by atoms with Gasteiger partial charge in [-0.15, -0.1) is 11.3 Å². The van der Waals surface area contributed by atoms with Crippen molar-refractivity contribution in [2.75, 3.05) is 38.2 Å². The van der Waals surface area contributed by atoms with Gasteiger partial charge >= 0.3 is 0 Å². The summed E-state index contributed by atoms with van der Waals surface area (Å²) < 4.78 is 11.0. The summed E-state index contributed by atoms with van der Waals surface area (Å²) in [6.45, 7) is 3.72. The van der Waals surface area contributed by atoms with E-state index >= 15 is 0 Å². The van der Waals surface area contributed by atoms with E-state index in [-0.39, 0.29) is 18.4 Å². The average molecular weight is 361 g/mol. The Morgan fingerprint density at radius 3 is 2.84 bits per heavy atom. The predicted molar refractivity (Wildman–Crippen MR) is 94.7 cm³/mol. The smallest absolute Gasteiger partial charge is 0.260 e. The molecule has 2 aromatic rings. The number of amides is 2. The van der Waals surface area contributed by atoms with Gasteiger partial charge in [0.05, 0.1) is 18.9 Å². The molecule has 1 aromatic carbocycles. The van der Waals surface area contributed by atoms with Gasteiger partial charge in [0.15, 0.2) is 11.7 Å². The number of nitrogens with zero attached hydrogens (tertiary/aromatic N) is 2. The third kappa shape index (κ3) is 4.55. The zero-order valence-electron chi connectivity index (χ0n) is 13.9. The number of carbonyl (C=O) groups excluding carboxylic acids is 2. The number of nitrogens with one attached hydrogen (secondary N) is 1. The van der Waals surface area contributed by atoms with Gasteiger partial charge in [-0.1, -0.05) is 12.1 Å². The summed E-state index contributed by atoms with van der Waals surface area (Å²) >= 11 is 1.34. The van der Waals surface area contributed by atoms with E-state index in [0.29, 0.717) is 42.9 Å². The fourth-order valence-corrected chi connectivity index (χ4v) is 3.21. The second-order valence-corrected chi connectivity index (χ2v) is 6.36. The van der Waals surface area contributed by atoms with E-state index in [1.54, 1.807) is 11.0 Å². The first-order chi connectivity index (χ1) is 12.1. The number of morpholine rings is 1. The molecular weight excluding hydrogens is 342 g/mol. The maximum atomic E-state index is 12.2. The molecule has 3 rings (SSSR count). The van der Waals surface area contributed by atoms with Crippen LogP contribution in [0.1, 0.15) is 6.92 Å². The van der Waals surface area contributed by atoms with Crippen molar-refractivity contribution in [3.05, 3.63) is 29.6 Å². The summed E-state index contributed by atoms with van der Waals surface area (Å²) in [4.78, 5) is 29.5. The monoisotopic (exact) mass is 361 g/mol. The van der Waals surface area contributed by atoms with E-state index < -0.39 is 0 Å². The molecule has 1 aliphatic heterocycles. The standard InChI is InChI=1S/C17H19N3O4S/c1-12(21)18-17-19-14(11-25-17)13-4-2-3-5-15(13)24-10-16(22)20-6-8-23-9-7-20/h2-5,11H,6-10H2,1H3,(H,18,19,21). The third-order valence-corrected chi connectivity index (χ3v) is 4.42. The lowest BCUT2D eigenvalue weighted by atomic mass is 10.1. The molecule has 1 fully saturated rings. The van der Waals surface area contributed by atoms with Crippen LogP contribution < -0.4 is 10.1 Å². The molecule has 25 heavy (non-hydrogen) atoms. The third-order valence-electron chi connectivity index (χ3n) is 3.67. The molecule has 8 heteroatoms. The van der Waals surface area contributed by atoms with Crippen molar-refractivity contribution in [1.82, 2.24) is 9.88 Å². The SMILES string of the molecule is CC(=O)Nc1nc(-c2ccccc2OCC(=O)N2CCOCC2)cs1. The normalized spacial score (nSPS) is 14.2. The van der Waals surface area contributed by atoms with Crippen molar-refractivity contribution in [3.63, 3.8) is 0 Å². The van der Waals surface area contributed by atoms with E-state index in [9.17, 15) is 9.59 Å². The van der Waals surface area contributed by atoms with E-state index in [0.717, 1.165) is 5.56 Å². The van der Waals surface area contributed by atoms with Crippen LogP contribution in [0, 0.1) is 0 Å². The highest BCUT2D eigenvalue weighted by atomic mass is 32.1. The lowest BCUT2D eigenvalue weighted by molar-refractivity contribution is -0.137. The van der Waals surface area contributed by atoms with Crippen LogP contribution in [0.3, 0.4) is 0 Å². The van der Waals surface area contributed by atoms with Crippen molar-refractivity contribution in [2.24, 2.45) is 0 Å². The summed E-state index contributed by atoms with van der Waals surface area (Å²) in [7, 11) is 0. The maximum Gasteiger partial charge on any atom is 0.260 e. The number of ether oxygens (including phenoxy) is 2. The molecule has 0 spiro atoms. The summed E-state index contributed by atoms with van der Waals surface area (Å²) in [5, 5.41) is 5.04. The number of carbonyl (C=O) groups is 2. The first-order valence-corrected chi connectivity index (χ1v) is 8.82. The zero-order valence-corrected chi connectivity index (χ0v) is 14.7. The topological polar surface area (TPSA) is 80.8 Å². The molecule has 2 heterocycles. The first-order valence-electron chi connectivity index (χ1n) is 7.94. The minimum Gasteiger partial charge on any atom is -0.483 e. The number of para-hydroxylation sites is 1. The lowest BCUT2D eigenvalue weighted by Crippen LogP contribution is -2.43. The van der Waals surface area contributed by atoms with Crippen LogP contribution in [0.15, 0.2) is 29.6 Å². The molecule has 7 nitrogen and oxygen atoms in total. The zero-order chi connectivity index (χ0) is 17.6. The number of benzene rings is 1. The van der Waals surface area contributed by atoms with Crippen LogP contribution in [0.25, 0.3) is 11.3 Å². The molecule has 0 saturated carbocycles. The van der Waals surface area contributed by atoms with Gasteiger partial charge in [0.1, 0.15) is 5.75 Å². The molecule has 132 valence electrons. The molecule has 1 N–H and O–H groups in total. The van der Waals surface area contributed by atoms with Crippen LogP contribution in [-0.4, -0.2) is 54.6 Å². The summed E-state index contributed by atoms with van der Waals surface area (Å²) in [5.41, 5.74) is 1.48. The van der Waals surface area contributed by atoms with Gasteiger partial charge in [-0.3, -0.25) is 9.59 Å². The van der Waals surface area contributed by atoms with Crippen molar-refractivity contribution < 1.29 is 19.1 Å². The predicted octanol–water partition coefficient (Wildman–Crippen LogP) is 2.01. The molecule has 0 aliphatic carbocycles. The minimum atomic E-state index is -0.165. The van der Waals surface area contributed by atoms with Gasteiger partial charge in [-0.25, -0.2) is 4.98 Å². The Hall–Kier alpha value is -2.45. The Bertz CT molecular complexity index is 756. The van der Waals surface area contributed by atoms with E-state index in [1.165, 1.54) is 18.3 Å². The molecule has 0 radical (unpaired) electrons. The highest BCUT2D eigenvalue weighted by Gasteiger charge is 2.18. The van der Waals surface area contributed by atoms with Crippen LogP contribution in [-0.2, 0) is 14.3 Å². The summed E-state index contributed by atoms with van der Waals surface area (Å²) in [6.07, 6.45) is 0. The lowest BCUT2D eigenvalue weighted by Gasteiger charge is -2.26. The summed E-state index contributed by atoms with van der Waals surface area (Å²) in [5.74, 6) is 0.362. The minimum absolute atomic E-state index is 0.0281. The Morgan fingerprint density at radius 1 is 1.32 bits per heavy atom. The van der Waals surface area contributed by atoms with Crippen LogP contribution in [0.4, 0.5) is 5.13 Å². The van der Waals surface area contributed by atoms with Crippen LogP contribution >= 0.6 is 11.3 Å². The van der Waals surface area contributed by atoms with Crippen LogP contribution in [0.2, 0.25) is 0 Å². The van der Waals surface area contributed by atoms with Crippen molar-refractivity contribution in [1.29, 1.82) is 0 Å². The Morgan fingerprint density at radius 2 is 2.08 bits per heavy atom. The molecule has 0 bridgehead atoms. The van der Waals surface area contributed by atoms with Crippen LogP contribution in [0.5, 0.6) is 5.75 Å². The molecule has 0 unspecified atom stereocenters. The Balaban J connectivity index is 1.69. The van der Waals surface area contributed by atoms with Gasteiger partial charge in [0.2, 0.25) is 5.91 Å². The fourth-order valence-electron chi connectivity index (χ4n) is 2.45. The maximum absolute atomic E-state index is 12.2. The number of aromatic nitrogens is 1. The fraction of sp³-hybridized carbons (Fsp3) is 0.353. The highest BCUT2D eigenvalue weighted by molar-refractivity contribution is 7.14. The van der Waals surface area contributed by atoms with Gasteiger partial charge < -0.3 is 19.7 Å². The summed E-state index contributed by atoms with van der Waals surface area (Å²) in [6, 6.07) is 7.41. The molecule has 2 amide bonds. The van der Waals surface area contributed by atoms with Crippen molar-refractivity contribution in [2.45, 2.75) is 6.92 Å². The van der Waals surface area contributed by atoms with E-state index in [4.69, 9.17) is 9.47 Å². The van der Waals surface area contributed by atoms with Crippen molar-refractivity contribution >= 4 is 28.3 Å². The molecule has 0 atom stereocenters. The number of anilines is 1. The van der Waals surface area contributed by atoms with E-state index in [1.807, 2.05) is 23.6 Å². The highest BCUT2D eigenvalue weighted by Crippen LogP contribution is 2.32. The number of thiazole rings is 1.